The zero-order chi connectivity index (χ0) is 16.1. The second-order valence-corrected chi connectivity index (χ2v) is 7.51. The molecule has 0 aliphatic rings. The third-order valence-corrected chi connectivity index (χ3v) is 5.27. The highest BCUT2D eigenvalue weighted by Gasteiger charge is 2.16. The van der Waals surface area contributed by atoms with Crippen molar-refractivity contribution < 1.29 is 13.4 Å². The second kappa shape index (κ2) is 7.69. The number of nitrogens with one attached hydrogen (secondary N) is 1. The number of amides is 1. The molecule has 2 unspecified atom stereocenters. The fraction of sp³-hybridized carbons (Fsp3) is 0.467. The molecule has 120 valence electrons. The lowest BCUT2D eigenvalue weighted by atomic mass is 10.3. The Hall–Kier alpha value is -1.47. The van der Waals surface area contributed by atoms with E-state index in [0.29, 0.717) is 17.3 Å². The van der Waals surface area contributed by atoms with Crippen LogP contribution in [-0.2, 0) is 21.3 Å². The molecule has 0 aromatic carbocycles. The molecule has 2 heterocycles. The van der Waals surface area contributed by atoms with Crippen molar-refractivity contribution in [1.29, 1.82) is 0 Å². The Morgan fingerprint density at radius 2 is 2.32 bits per heavy atom. The number of aromatic nitrogens is 1. The Kier molecular flexibility index (Phi) is 5.90. The first-order chi connectivity index (χ1) is 10.5. The SMILES string of the molecule is CCC(C)NC(=O)CS(=O)Cc1nc(-c2cccs2)oc1C. The van der Waals surface area contributed by atoms with Crippen LogP contribution in [0.5, 0.6) is 0 Å². The quantitative estimate of drug-likeness (QED) is 0.841. The number of carbonyl (C=O) groups is 1. The second-order valence-electron chi connectivity index (χ2n) is 5.10. The molecule has 0 bridgehead atoms. The number of hydrogen-bond acceptors (Lipinski definition) is 5. The first-order valence-corrected chi connectivity index (χ1v) is 9.50. The third kappa shape index (κ3) is 4.51. The molecule has 0 fully saturated rings. The Morgan fingerprint density at radius 1 is 1.55 bits per heavy atom. The Bertz CT molecular complexity index is 650. The summed E-state index contributed by atoms with van der Waals surface area (Å²) in [5.74, 6) is 1.23. The molecule has 1 N–H and O–H groups in total. The molecule has 0 saturated heterocycles. The number of oxazole rings is 1. The summed E-state index contributed by atoms with van der Waals surface area (Å²) in [6.45, 7) is 5.72. The van der Waals surface area contributed by atoms with E-state index in [1.165, 1.54) is 0 Å². The Morgan fingerprint density at radius 3 is 2.95 bits per heavy atom. The van der Waals surface area contributed by atoms with Gasteiger partial charge in [-0.1, -0.05) is 13.0 Å². The maximum atomic E-state index is 12.1. The molecular weight excluding hydrogens is 320 g/mol. The van der Waals surface area contributed by atoms with E-state index in [1.807, 2.05) is 31.4 Å². The van der Waals surface area contributed by atoms with Crippen LogP contribution in [0.25, 0.3) is 10.8 Å². The van der Waals surface area contributed by atoms with Crippen molar-refractivity contribution in [1.82, 2.24) is 10.3 Å². The van der Waals surface area contributed by atoms with Gasteiger partial charge in [-0.15, -0.1) is 11.3 Å². The number of thiophene rings is 1. The number of hydrogen-bond donors (Lipinski definition) is 1. The lowest BCUT2D eigenvalue weighted by Crippen LogP contribution is -2.35. The van der Waals surface area contributed by atoms with Gasteiger partial charge in [0.25, 0.3) is 0 Å². The molecule has 5 nitrogen and oxygen atoms in total. The first kappa shape index (κ1) is 16.9. The highest BCUT2D eigenvalue weighted by atomic mass is 32.2. The molecule has 2 aromatic rings. The van der Waals surface area contributed by atoms with Gasteiger partial charge in [0.2, 0.25) is 11.8 Å². The van der Waals surface area contributed by atoms with Gasteiger partial charge in [-0.25, -0.2) is 4.98 Å². The highest BCUT2D eigenvalue weighted by molar-refractivity contribution is 7.84. The van der Waals surface area contributed by atoms with Crippen LogP contribution in [0.3, 0.4) is 0 Å². The summed E-state index contributed by atoms with van der Waals surface area (Å²) in [5.41, 5.74) is 0.651. The molecule has 0 aliphatic carbocycles. The fourth-order valence-electron chi connectivity index (χ4n) is 1.84. The van der Waals surface area contributed by atoms with Crippen LogP contribution in [0.15, 0.2) is 21.9 Å². The van der Waals surface area contributed by atoms with Gasteiger partial charge in [-0.05, 0) is 31.7 Å². The van der Waals surface area contributed by atoms with E-state index in [2.05, 4.69) is 10.3 Å². The summed E-state index contributed by atoms with van der Waals surface area (Å²) in [6, 6.07) is 3.95. The van der Waals surface area contributed by atoms with Gasteiger partial charge in [0.05, 0.1) is 16.3 Å². The van der Waals surface area contributed by atoms with Crippen molar-refractivity contribution in [2.24, 2.45) is 0 Å². The van der Waals surface area contributed by atoms with Gasteiger partial charge >= 0.3 is 0 Å². The zero-order valence-corrected chi connectivity index (χ0v) is 14.6. The van der Waals surface area contributed by atoms with Crippen molar-refractivity contribution in [3.8, 4) is 10.8 Å². The van der Waals surface area contributed by atoms with E-state index in [4.69, 9.17) is 4.42 Å². The molecule has 7 heteroatoms. The van der Waals surface area contributed by atoms with E-state index in [9.17, 15) is 9.00 Å². The summed E-state index contributed by atoms with van der Waals surface area (Å²) >= 11 is 1.54. The average Bonchev–Trinajstić information content (AvgIpc) is 3.09. The average molecular weight is 340 g/mol. The van der Waals surface area contributed by atoms with E-state index in [1.54, 1.807) is 18.3 Å². The lowest BCUT2D eigenvalue weighted by molar-refractivity contribution is -0.119. The monoisotopic (exact) mass is 340 g/mol. The van der Waals surface area contributed by atoms with Gasteiger partial charge in [-0.2, -0.15) is 0 Å². The van der Waals surface area contributed by atoms with Crippen LogP contribution in [0.1, 0.15) is 31.7 Å². The van der Waals surface area contributed by atoms with Crippen LogP contribution >= 0.6 is 11.3 Å². The standard InChI is InChI=1S/C15H20N2O3S2/c1-4-10(2)16-14(18)9-22(19)8-12-11(3)20-15(17-12)13-6-5-7-21-13/h5-7,10H,4,8-9H2,1-3H3,(H,16,18). The predicted octanol–water partition coefficient (Wildman–Crippen LogP) is 2.87. The summed E-state index contributed by atoms with van der Waals surface area (Å²) in [7, 11) is -1.29. The predicted molar refractivity (Wildman–Crippen MR) is 89.2 cm³/mol. The maximum absolute atomic E-state index is 12.1. The topological polar surface area (TPSA) is 72.2 Å². The van der Waals surface area contributed by atoms with Gasteiger partial charge < -0.3 is 9.73 Å². The van der Waals surface area contributed by atoms with E-state index < -0.39 is 10.8 Å². The van der Waals surface area contributed by atoms with Gasteiger partial charge in [0, 0.05) is 16.8 Å². The van der Waals surface area contributed by atoms with Crippen LogP contribution in [0.2, 0.25) is 0 Å². The molecule has 0 spiro atoms. The number of rotatable bonds is 7. The Balaban J connectivity index is 1.96. The molecule has 2 atom stereocenters. The third-order valence-electron chi connectivity index (χ3n) is 3.23. The molecule has 0 saturated carbocycles. The summed E-state index contributed by atoms with van der Waals surface area (Å²) in [6.07, 6.45) is 0.852. The number of carbonyl (C=O) groups excluding carboxylic acids is 1. The van der Waals surface area contributed by atoms with E-state index >= 15 is 0 Å². The highest BCUT2D eigenvalue weighted by Crippen LogP contribution is 2.26. The molecule has 0 radical (unpaired) electrons. The summed E-state index contributed by atoms with van der Waals surface area (Å²) < 4.78 is 17.7. The zero-order valence-electron chi connectivity index (χ0n) is 12.9. The minimum atomic E-state index is -1.29. The lowest BCUT2D eigenvalue weighted by Gasteiger charge is -2.10. The minimum absolute atomic E-state index is 0.00895. The molecular formula is C15H20N2O3S2. The molecule has 1 amide bonds. The Labute approximate surface area is 136 Å². The van der Waals surface area contributed by atoms with Gasteiger partial charge in [0.1, 0.15) is 11.5 Å². The minimum Gasteiger partial charge on any atom is -0.440 e. The van der Waals surface area contributed by atoms with Gasteiger partial charge in [-0.3, -0.25) is 9.00 Å². The first-order valence-electron chi connectivity index (χ1n) is 7.14. The van der Waals surface area contributed by atoms with E-state index in [0.717, 1.165) is 11.3 Å². The molecule has 22 heavy (non-hydrogen) atoms. The fourth-order valence-corrected chi connectivity index (χ4v) is 3.54. The van der Waals surface area contributed by atoms with Crippen molar-refractivity contribution >= 4 is 28.0 Å². The van der Waals surface area contributed by atoms with Crippen LogP contribution in [0.4, 0.5) is 0 Å². The largest absolute Gasteiger partial charge is 0.440 e. The normalized spacial score (nSPS) is 13.8. The van der Waals surface area contributed by atoms with Crippen LogP contribution in [-0.4, -0.2) is 26.9 Å². The smallest absolute Gasteiger partial charge is 0.236 e. The van der Waals surface area contributed by atoms with Gasteiger partial charge in [0.15, 0.2) is 0 Å². The van der Waals surface area contributed by atoms with E-state index in [-0.39, 0.29) is 23.5 Å². The van der Waals surface area contributed by atoms with Crippen molar-refractivity contribution in [2.75, 3.05) is 5.75 Å². The van der Waals surface area contributed by atoms with Crippen molar-refractivity contribution in [2.45, 2.75) is 39.0 Å². The summed E-state index contributed by atoms with van der Waals surface area (Å²) in [5, 5.41) is 4.76. The van der Waals surface area contributed by atoms with Crippen LogP contribution < -0.4 is 5.32 Å². The number of aryl methyl sites for hydroxylation is 1. The maximum Gasteiger partial charge on any atom is 0.236 e. The molecule has 2 rings (SSSR count). The summed E-state index contributed by atoms with van der Waals surface area (Å²) in [4.78, 5) is 17.1. The molecule has 0 aliphatic heterocycles. The number of nitrogens with zero attached hydrogens (tertiary/aromatic N) is 1. The molecule has 2 aromatic heterocycles. The van der Waals surface area contributed by atoms with Crippen molar-refractivity contribution in [3.05, 3.63) is 29.0 Å². The van der Waals surface area contributed by atoms with Crippen molar-refractivity contribution in [3.63, 3.8) is 0 Å². The van der Waals surface area contributed by atoms with Crippen LogP contribution in [0, 0.1) is 6.92 Å².